The molecule has 0 radical (unpaired) electrons. The molecule has 0 aromatic carbocycles. The first kappa shape index (κ1) is 10.2. The second kappa shape index (κ2) is 3.56. The number of hydrogen-bond donors (Lipinski definition) is 2. The lowest BCUT2D eigenvalue weighted by Gasteiger charge is -2.11. The SMILES string of the molecule is C[C@H](NCC(F)(F)F)C(N)=O. The van der Waals surface area contributed by atoms with Gasteiger partial charge in [-0.25, -0.2) is 0 Å². The van der Waals surface area contributed by atoms with Crippen molar-refractivity contribution in [3.8, 4) is 0 Å². The van der Waals surface area contributed by atoms with Crippen LogP contribution in [-0.2, 0) is 4.79 Å². The maximum atomic E-state index is 11.5. The van der Waals surface area contributed by atoms with Crippen LogP contribution in [0.25, 0.3) is 0 Å². The Labute approximate surface area is 61.7 Å². The van der Waals surface area contributed by atoms with Gasteiger partial charge in [-0.05, 0) is 6.92 Å². The lowest BCUT2D eigenvalue weighted by Crippen LogP contribution is -2.43. The van der Waals surface area contributed by atoms with E-state index in [1.807, 2.05) is 5.32 Å². The molecule has 66 valence electrons. The van der Waals surface area contributed by atoms with Gasteiger partial charge >= 0.3 is 6.18 Å². The summed E-state index contributed by atoms with van der Waals surface area (Å²) < 4.78 is 34.4. The Bertz CT molecular complexity index is 145. The molecule has 0 spiro atoms. The maximum absolute atomic E-state index is 11.5. The summed E-state index contributed by atoms with van der Waals surface area (Å²) >= 11 is 0. The molecule has 0 aromatic rings. The van der Waals surface area contributed by atoms with Crippen molar-refractivity contribution < 1.29 is 18.0 Å². The van der Waals surface area contributed by atoms with E-state index in [4.69, 9.17) is 5.73 Å². The number of primary amides is 1. The molecule has 3 nitrogen and oxygen atoms in total. The van der Waals surface area contributed by atoms with Crippen molar-refractivity contribution in [2.24, 2.45) is 5.73 Å². The molecular formula is C5H9F3N2O. The summed E-state index contributed by atoms with van der Waals surface area (Å²) in [4.78, 5) is 10.2. The summed E-state index contributed by atoms with van der Waals surface area (Å²) in [5.41, 5.74) is 4.70. The van der Waals surface area contributed by atoms with Gasteiger partial charge in [0.15, 0.2) is 0 Å². The quantitative estimate of drug-likeness (QED) is 0.627. The highest BCUT2D eigenvalue weighted by atomic mass is 19.4. The highest BCUT2D eigenvalue weighted by molar-refractivity contribution is 5.79. The summed E-state index contributed by atoms with van der Waals surface area (Å²) in [5.74, 6) is -0.797. The number of nitrogens with two attached hydrogens (primary N) is 1. The van der Waals surface area contributed by atoms with Crippen LogP contribution in [-0.4, -0.2) is 24.7 Å². The molecule has 1 atom stereocenters. The molecule has 0 aliphatic rings. The Kier molecular flexibility index (Phi) is 3.31. The van der Waals surface area contributed by atoms with Crippen molar-refractivity contribution in [1.29, 1.82) is 0 Å². The number of carbonyl (C=O) groups is 1. The Morgan fingerprint density at radius 2 is 2.09 bits per heavy atom. The molecule has 0 rings (SSSR count). The summed E-state index contributed by atoms with van der Waals surface area (Å²) in [6, 6.07) is -0.948. The molecule has 3 N–H and O–H groups in total. The summed E-state index contributed by atoms with van der Waals surface area (Å²) in [7, 11) is 0. The molecule has 11 heavy (non-hydrogen) atoms. The van der Waals surface area contributed by atoms with Gasteiger partial charge in [0.2, 0.25) is 5.91 Å². The zero-order valence-corrected chi connectivity index (χ0v) is 5.90. The lowest BCUT2D eigenvalue weighted by atomic mass is 10.3. The van der Waals surface area contributed by atoms with Crippen molar-refractivity contribution in [3.05, 3.63) is 0 Å². The smallest absolute Gasteiger partial charge is 0.368 e. The molecule has 0 saturated heterocycles. The van der Waals surface area contributed by atoms with Gasteiger partial charge in [0, 0.05) is 0 Å². The zero-order chi connectivity index (χ0) is 9.07. The van der Waals surface area contributed by atoms with E-state index in [9.17, 15) is 18.0 Å². The van der Waals surface area contributed by atoms with Crippen molar-refractivity contribution in [3.63, 3.8) is 0 Å². The maximum Gasteiger partial charge on any atom is 0.401 e. The first-order chi connectivity index (χ1) is 4.83. The van der Waals surface area contributed by atoms with Crippen LogP contribution in [0.1, 0.15) is 6.92 Å². The minimum absolute atomic E-state index is 0.797. The first-order valence-corrected chi connectivity index (χ1v) is 2.92. The molecule has 0 bridgehead atoms. The fraction of sp³-hybridized carbons (Fsp3) is 0.800. The minimum Gasteiger partial charge on any atom is -0.368 e. The Balaban J connectivity index is 3.63. The second-order valence-electron chi connectivity index (χ2n) is 2.12. The molecule has 0 fully saturated rings. The van der Waals surface area contributed by atoms with Crippen molar-refractivity contribution >= 4 is 5.91 Å². The highest BCUT2D eigenvalue weighted by Gasteiger charge is 2.27. The largest absolute Gasteiger partial charge is 0.401 e. The number of nitrogens with one attached hydrogen (secondary N) is 1. The van der Waals surface area contributed by atoms with E-state index in [0.29, 0.717) is 0 Å². The van der Waals surface area contributed by atoms with E-state index >= 15 is 0 Å². The normalized spacial score (nSPS) is 14.5. The molecule has 0 unspecified atom stereocenters. The van der Waals surface area contributed by atoms with Crippen LogP contribution in [0, 0.1) is 0 Å². The van der Waals surface area contributed by atoms with Gasteiger partial charge in [-0.1, -0.05) is 0 Å². The summed E-state index contributed by atoms with van der Waals surface area (Å²) in [6.45, 7) is 0.0746. The van der Waals surface area contributed by atoms with E-state index in [1.165, 1.54) is 6.92 Å². The number of alkyl halides is 3. The Hall–Kier alpha value is -0.780. The zero-order valence-electron chi connectivity index (χ0n) is 5.90. The van der Waals surface area contributed by atoms with E-state index in [2.05, 4.69) is 0 Å². The van der Waals surface area contributed by atoms with Crippen LogP contribution >= 0.6 is 0 Å². The van der Waals surface area contributed by atoms with Crippen molar-refractivity contribution in [2.45, 2.75) is 19.1 Å². The topological polar surface area (TPSA) is 55.1 Å². The molecule has 0 heterocycles. The molecule has 0 aliphatic carbocycles. The first-order valence-electron chi connectivity index (χ1n) is 2.92. The van der Waals surface area contributed by atoms with Gasteiger partial charge < -0.3 is 5.73 Å². The van der Waals surface area contributed by atoms with Crippen LogP contribution in [0.15, 0.2) is 0 Å². The Morgan fingerprint density at radius 1 is 1.64 bits per heavy atom. The number of amides is 1. The van der Waals surface area contributed by atoms with Crippen LogP contribution in [0.3, 0.4) is 0 Å². The second-order valence-corrected chi connectivity index (χ2v) is 2.12. The predicted molar refractivity (Wildman–Crippen MR) is 32.7 cm³/mol. The summed E-state index contributed by atoms with van der Waals surface area (Å²) in [5, 5.41) is 1.92. The molecule has 0 aliphatic heterocycles. The average Bonchev–Trinajstić information content (AvgIpc) is 1.80. The molecular weight excluding hydrogens is 161 g/mol. The van der Waals surface area contributed by atoms with Crippen LogP contribution < -0.4 is 11.1 Å². The van der Waals surface area contributed by atoms with Gasteiger partial charge in [-0.15, -0.1) is 0 Å². The van der Waals surface area contributed by atoms with E-state index < -0.39 is 24.7 Å². The number of rotatable bonds is 3. The third-order valence-corrected chi connectivity index (χ3v) is 1.04. The summed E-state index contributed by atoms with van der Waals surface area (Å²) in [6.07, 6.45) is -4.30. The van der Waals surface area contributed by atoms with E-state index in [1.54, 1.807) is 0 Å². The predicted octanol–water partition coefficient (Wildman–Crippen LogP) is 0.0121. The van der Waals surface area contributed by atoms with Gasteiger partial charge in [0.25, 0.3) is 0 Å². The van der Waals surface area contributed by atoms with E-state index in [-0.39, 0.29) is 0 Å². The molecule has 1 amide bonds. The van der Waals surface area contributed by atoms with Crippen molar-refractivity contribution in [1.82, 2.24) is 5.32 Å². The van der Waals surface area contributed by atoms with Crippen LogP contribution in [0.5, 0.6) is 0 Å². The number of halogens is 3. The van der Waals surface area contributed by atoms with Crippen LogP contribution in [0.4, 0.5) is 13.2 Å². The third kappa shape index (κ3) is 5.65. The number of carbonyl (C=O) groups excluding carboxylic acids is 1. The Morgan fingerprint density at radius 3 is 2.36 bits per heavy atom. The minimum atomic E-state index is -4.30. The standard InChI is InChI=1S/C5H9F3N2O/c1-3(4(9)11)10-2-5(6,7)8/h3,10H,2H2,1H3,(H2,9,11)/t3-/m0/s1. The van der Waals surface area contributed by atoms with Gasteiger partial charge in [0.05, 0.1) is 12.6 Å². The van der Waals surface area contributed by atoms with Gasteiger partial charge in [-0.2, -0.15) is 13.2 Å². The molecule has 0 saturated carbocycles. The highest BCUT2D eigenvalue weighted by Crippen LogP contribution is 2.12. The average molecular weight is 170 g/mol. The fourth-order valence-corrected chi connectivity index (χ4v) is 0.369. The van der Waals surface area contributed by atoms with Gasteiger partial charge in [0.1, 0.15) is 0 Å². The van der Waals surface area contributed by atoms with Gasteiger partial charge in [-0.3, -0.25) is 10.1 Å². The third-order valence-electron chi connectivity index (χ3n) is 1.04. The van der Waals surface area contributed by atoms with Crippen molar-refractivity contribution in [2.75, 3.05) is 6.54 Å². The fourth-order valence-electron chi connectivity index (χ4n) is 0.369. The monoisotopic (exact) mass is 170 g/mol. The molecule has 0 aromatic heterocycles. The molecule has 6 heteroatoms. The number of hydrogen-bond acceptors (Lipinski definition) is 2. The van der Waals surface area contributed by atoms with E-state index in [0.717, 1.165) is 0 Å². The van der Waals surface area contributed by atoms with Crippen LogP contribution in [0.2, 0.25) is 0 Å². The lowest BCUT2D eigenvalue weighted by molar-refractivity contribution is -0.130.